The molecule has 0 bridgehead atoms. The van der Waals surface area contributed by atoms with Crippen LogP contribution in [0.2, 0.25) is 0 Å². The zero-order chi connectivity index (χ0) is 16.8. The minimum Gasteiger partial charge on any atom is -0.496 e. The summed E-state index contributed by atoms with van der Waals surface area (Å²) in [7, 11) is 1.59. The van der Waals surface area contributed by atoms with Gasteiger partial charge >= 0.3 is 0 Å². The van der Waals surface area contributed by atoms with E-state index in [1.54, 1.807) is 13.2 Å². The Hall–Kier alpha value is -2.28. The van der Waals surface area contributed by atoms with Crippen molar-refractivity contribution in [3.8, 4) is 5.75 Å². The molecule has 0 aliphatic rings. The van der Waals surface area contributed by atoms with E-state index in [1.807, 2.05) is 25.1 Å². The van der Waals surface area contributed by atoms with Gasteiger partial charge in [-0.15, -0.1) is 0 Å². The Kier molecular flexibility index (Phi) is 5.81. The van der Waals surface area contributed by atoms with Crippen LogP contribution in [0.4, 0.5) is 0 Å². The Morgan fingerprint density at radius 1 is 1.35 bits per heavy atom. The lowest BCUT2D eigenvalue weighted by Gasteiger charge is -2.15. The van der Waals surface area contributed by atoms with Crippen molar-refractivity contribution in [2.24, 2.45) is 0 Å². The average molecular weight is 381 g/mol. The molecule has 0 saturated carbocycles. The molecule has 0 aliphatic carbocycles. The Labute approximate surface area is 142 Å². The van der Waals surface area contributed by atoms with Crippen LogP contribution in [0.3, 0.4) is 0 Å². The van der Waals surface area contributed by atoms with Crippen molar-refractivity contribution in [3.05, 3.63) is 52.4 Å². The summed E-state index contributed by atoms with van der Waals surface area (Å²) in [5.74, 6) is 0.178. The van der Waals surface area contributed by atoms with E-state index in [4.69, 9.17) is 9.15 Å². The van der Waals surface area contributed by atoms with Crippen LogP contribution in [-0.2, 0) is 4.79 Å². The second-order valence-corrected chi connectivity index (χ2v) is 5.70. The van der Waals surface area contributed by atoms with Crippen molar-refractivity contribution in [2.45, 2.75) is 13.0 Å². The second kappa shape index (κ2) is 7.82. The van der Waals surface area contributed by atoms with Gasteiger partial charge in [0.05, 0.1) is 30.4 Å². The number of nitrogens with one attached hydrogen (secondary N) is 2. The van der Waals surface area contributed by atoms with Crippen molar-refractivity contribution in [3.63, 3.8) is 0 Å². The van der Waals surface area contributed by atoms with Crippen molar-refractivity contribution < 1.29 is 18.7 Å². The number of amides is 2. The van der Waals surface area contributed by atoms with Gasteiger partial charge in [-0.25, -0.2) is 0 Å². The van der Waals surface area contributed by atoms with Crippen LogP contribution in [0.15, 0.2) is 45.5 Å². The van der Waals surface area contributed by atoms with E-state index in [9.17, 15) is 9.59 Å². The smallest absolute Gasteiger partial charge is 0.287 e. The molecule has 6 nitrogen and oxygen atoms in total. The van der Waals surface area contributed by atoms with Crippen LogP contribution in [0.1, 0.15) is 29.1 Å². The zero-order valence-corrected chi connectivity index (χ0v) is 14.3. The van der Waals surface area contributed by atoms with E-state index in [1.165, 1.54) is 12.3 Å². The predicted octanol–water partition coefficient (Wildman–Crippen LogP) is 2.66. The number of furan rings is 1. The van der Waals surface area contributed by atoms with Crippen molar-refractivity contribution in [2.75, 3.05) is 13.7 Å². The first kappa shape index (κ1) is 17.1. The number of carbonyl (C=O) groups is 2. The molecular weight excluding hydrogens is 364 g/mol. The molecule has 2 amide bonds. The maximum Gasteiger partial charge on any atom is 0.287 e. The first-order valence-electron chi connectivity index (χ1n) is 6.95. The molecule has 0 aliphatic heterocycles. The van der Waals surface area contributed by atoms with Gasteiger partial charge < -0.3 is 19.8 Å². The lowest BCUT2D eigenvalue weighted by molar-refractivity contribution is -0.120. The minimum atomic E-state index is -0.426. The lowest BCUT2D eigenvalue weighted by atomic mass is 10.1. The molecule has 2 rings (SSSR count). The van der Waals surface area contributed by atoms with Gasteiger partial charge in [-0.05, 0) is 52.7 Å². The predicted molar refractivity (Wildman–Crippen MR) is 88.3 cm³/mol. The fourth-order valence-electron chi connectivity index (χ4n) is 1.98. The fourth-order valence-corrected chi connectivity index (χ4v) is 2.54. The summed E-state index contributed by atoms with van der Waals surface area (Å²) in [6.45, 7) is 1.74. The molecule has 1 aromatic carbocycles. The van der Waals surface area contributed by atoms with Crippen molar-refractivity contribution in [1.82, 2.24) is 10.6 Å². The number of rotatable bonds is 6. The summed E-state index contributed by atoms with van der Waals surface area (Å²) in [5, 5.41) is 5.31. The van der Waals surface area contributed by atoms with E-state index >= 15 is 0 Å². The van der Waals surface area contributed by atoms with Crippen LogP contribution < -0.4 is 15.4 Å². The maximum absolute atomic E-state index is 11.9. The molecule has 122 valence electrons. The number of hydrogen-bond acceptors (Lipinski definition) is 4. The highest BCUT2D eigenvalue weighted by atomic mass is 79.9. The fraction of sp³-hybridized carbons (Fsp3) is 0.250. The quantitative estimate of drug-likeness (QED) is 0.806. The normalized spacial score (nSPS) is 11.6. The topological polar surface area (TPSA) is 80.6 Å². The van der Waals surface area contributed by atoms with Crippen LogP contribution in [0, 0.1) is 0 Å². The molecule has 0 unspecified atom stereocenters. The van der Waals surface area contributed by atoms with Crippen LogP contribution in [0.5, 0.6) is 5.75 Å². The highest BCUT2D eigenvalue weighted by Crippen LogP contribution is 2.27. The number of halogens is 1. The second-order valence-electron chi connectivity index (χ2n) is 4.84. The molecule has 0 spiro atoms. The third-order valence-electron chi connectivity index (χ3n) is 3.21. The molecule has 1 atom stereocenters. The Balaban J connectivity index is 1.87. The molecule has 0 fully saturated rings. The largest absolute Gasteiger partial charge is 0.496 e. The van der Waals surface area contributed by atoms with E-state index in [-0.39, 0.29) is 24.3 Å². The molecule has 0 saturated heterocycles. The SMILES string of the molecule is COc1ccc([C@@H](C)NC(=O)CNC(=O)c2ccco2)cc1Br. The summed E-state index contributed by atoms with van der Waals surface area (Å²) < 4.78 is 10.9. The van der Waals surface area contributed by atoms with E-state index in [2.05, 4.69) is 26.6 Å². The molecule has 2 N–H and O–H groups in total. The van der Waals surface area contributed by atoms with Gasteiger partial charge in [0, 0.05) is 0 Å². The maximum atomic E-state index is 11.9. The van der Waals surface area contributed by atoms with E-state index < -0.39 is 5.91 Å². The van der Waals surface area contributed by atoms with Crippen LogP contribution in [0.25, 0.3) is 0 Å². The first-order chi connectivity index (χ1) is 11.0. The summed E-state index contributed by atoms with van der Waals surface area (Å²) in [5.41, 5.74) is 0.920. The van der Waals surface area contributed by atoms with Gasteiger partial charge in [-0.2, -0.15) is 0 Å². The van der Waals surface area contributed by atoms with E-state index in [0.717, 1.165) is 15.8 Å². The Bertz CT molecular complexity index is 685. The minimum absolute atomic E-state index is 0.124. The number of methoxy groups -OCH3 is 1. The van der Waals surface area contributed by atoms with Gasteiger partial charge in [0.15, 0.2) is 5.76 Å². The summed E-state index contributed by atoms with van der Waals surface area (Å²) in [4.78, 5) is 23.6. The van der Waals surface area contributed by atoms with Crippen LogP contribution in [-0.4, -0.2) is 25.5 Å². The molecular formula is C16H17BrN2O4. The van der Waals surface area contributed by atoms with E-state index in [0.29, 0.717) is 0 Å². The molecule has 23 heavy (non-hydrogen) atoms. The summed E-state index contributed by atoms with van der Waals surface area (Å²) >= 11 is 3.41. The zero-order valence-electron chi connectivity index (χ0n) is 12.8. The number of ether oxygens (including phenoxy) is 1. The lowest BCUT2D eigenvalue weighted by Crippen LogP contribution is -2.37. The third kappa shape index (κ3) is 4.59. The molecule has 1 aromatic heterocycles. The Morgan fingerprint density at radius 3 is 2.74 bits per heavy atom. The third-order valence-corrected chi connectivity index (χ3v) is 3.83. The van der Waals surface area contributed by atoms with Gasteiger partial charge in [0.25, 0.3) is 5.91 Å². The number of benzene rings is 1. The van der Waals surface area contributed by atoms with Gasteiger partial charge in [-0.3, -0.25) is 9.59 Å². The highest BCUT2D eigenvalue weighted by Gasteiger charge is 2.14. The Morgan fingerprint density at radius 2 is 2.13 bits per heavy atom. The average Bonchev–Trinajstić information content (AvgIpc) is 3.07. The van der Waals surface area contributed by atoms with Crippen molar-refractivity contribution >= 4 is 27.7 Å². The number of hydrogen-bond donors (Lipinski definition) is 2. The molecule has 1 heterocycles. The monoisotopic (exact) mass is 380 g/mol. The first-order valence-corrected chi connectivity index (χ1v) is 7.75. The summed E-state index contributed by atoms with van der Waals surface area (Å²) in [6.07, 6.45) is 1.40. The standard InChI is InChI=1S/C16H17BrN2O4/c1-10(11-5-6-13(22-2)12(17)8-11)19-15(20)9-18-16(21)14-4-3-7-23-14/h3-8,10H,9H2,1-2H3,(H,18,21)(H,19,20)/t10-/m1/s1. The summed E-state index contributed by atoms with van der Waals surface area (Å²) in [6, 6.07) is 8.51. The molecule has 7 heteroatoms. The molecule has 0 radical (unpaired) electrons. The van der Waals surface area contributed by atoms with Gasteiger partial charge in [0.1, 0.15) is 5.75 Å². The van der Waals surface area contributed by atoms with Gasteiger partial charge in [-0.1, -0.05) is 6.07 Å². The van der Waals surface area contributed by atoms with Gasteiger partial charge in [0.2, 0.25) is 5.91 Å². The molecule has 2 aromatic rings. The van der Waals surface area contributed by atoms with Crippen molar-refractivity contribution in [1.29, 1.82) is 0 Å². The number of carbonyl (C=O) groups excluding carboxylic acids is 2. The van der Waals surface area contributed by atoms with Crippen LogP contribution >= 0.6 is 15.9 Å². The highest BCUT2D eigenvalue weighted by molar-refractivity contribution is 9.10.